The molecule has 8 heteroatoms. The second-order valence-electron chi connectivity index (χ2n) is 6.95. The summed E-state index contributed by atoms with van der Waals surface area (Å²) in [5.41, 5.74) is 1.54. The molecule has 1 aromatic heterocycles. The fraction of sp³-hybridized carbons (Fsp3) is 0.348. The lowest BCUT2D eigenvalue weighted by atomic mass is 10.2. The predicted molar refractivity (Wildman–Crippen MR) is 120 cm³/mol. The number of benzene rings is 2. The van der Waals surface area contributed by atoms with Crippen LogP contribution in [0.25, 0.3) is 11.4 Å². The van der Waals surface area contributed by atoms with Crippen LogP contribution in [0.1, 0.15) is 25.3 Å². The van der Waals surface area contributed by atoms with E-state index < -0.39 is 6.10 Å². The minimum Gasteiger partial charge on any atom is -0.497 e. The lowest BCUT2D eigenvalue weighted by Gasteiger charge is -2.13. The number of nitrogens with zero attached hydrogens (tertiary/aromatic N) is 4. The number of aromatic nitrogens is 3. The smallest absolute Gasteiger partial charge is 0.191 e. The predicted octanol–water partition coefficient (Wildman–Crippen LogP) is 4.16. The minimum atomic E-state index is -0.665. The Kier molecular flexibility index (Phi) is 8.33. The molecule has 0 saturated carbocycles. The van der Waals surface area contributed by atoms with Crippen molar-refractivity contribution in [1.29, 1.82) is 5.26 Å². The van der Waals surface area contributed by atoms with E-state index in [1.807, 2.05) is 24.3 Å². The second-order valence-corrected chi connectivity index (χ2v) is 7.94. The van der Waals surface area contributed by atoms with Crippen LogP contribution in [0.15, 0.2) is 53.7 Å². The molecule has 0 aliphatic heterocycles. The van der Waals surface area contributed by atoms with Gasteiger partial charge >= 0.3 is 0 Å². The number of aliphatic hydroxyl groups is 1. The van der Waals surface area contributed by atoms with Crippen molar-refractivity contribution in [2.75, 3.05) is 19.5 Å². The molecule has 1 unspecified atom stereocenters. The van der Waals surface area contributed by atoms with Gasteiger partial charge in [-0.05, 0) is 55.0 Å². The van der Waals surface area contributed by atoms with Crippen molar-refractivity contribution in [1.82, 2.24) is 14.8 Å². The molecule has 0 fully saturated rings. The summed E-state index contributed by atoms with van der Waals surface area (Å²) in [7, 11) is 1.64. The average Bonchev–Trinajstić information content (AvgIpc) is 3.23. The molecule has 1 heterocycles. The van der Waals surface area contributed by atoms with Gasteiger partial charge in [0.15, 0.2) is 11.0 Å². The lowest BCUT2D eigenvalue weighted by molar-refractivity contribution is 0.126. The van der Waals surface area contributed by atoms with Crippen molar-refractivity contribution in [3.63, 3.8) is 0 Å². The molecule has 7 nitrogen and oxygen atoms in total. The van der Waals surface area contributed by atoms with Crippen LogP contribution < -0.4 is 9.47 Å². The lowest BCUT2D eigenvalue weighted by Crippen LogP contribution is -2.20. The summed E-state index contributed by atoms with van der Waals surface area (Å²) in [5, 5.41) is 28.7. The van der Waals surface area contributed by atoms with Crippen molar-refractivity contribution >= 4 is 11.8 Å². The normalized spacial score (nSPS) is 11.7. The highest BCUT2D eigenvalue weighted by Gasteiger charge is 2.16. The van der Waals surface area contributed by atoms with Gasteiger partial charge in [0.05, 0.1) is 24.8 Å². The third-order valence-electron chi connectivity index (χ3n) is 4.63. The van der Waals surface area contributed by atoms with Gasteiger partial charge in [-0.1, -0.05) is 25.1 Å². The van der Waals surface area contributed by atoms with Crippen LogP contribution in [0.2, 0.25) is 0 Å². The summed E-state index contributed by atoms with van der Waals surface area (Å²) in [6, 6.07) is 16.6. The third-order valence-corrected chi connectivity index (χ3v) is 5.74. The summed E-state index contributed by atoms with van der Waals surface area (Å²) in [4.78, 5) is 0. The van der Waals surface area contributed by atoms with Gasteiger partial charge in [0.25, 0.3) is 0 Å². The van der Waals surface area contributed by atoms with Gasteiger partial charge in [0.1, 0.15) is 18.1 Å². The SMILES string of the molecule is CCCCn1c(SCC(O)COc2ccc(C#N)cc2)nnc1-c1ccc(OC)cc1. The van der Waals surface area contributed by atoms with E-state index in [2.05, 4.69) is 27.8 Å². The van der Waals surface area contributed by atoms with Crippen LogP contribution in [-0.4, -0.2) is 45.4 Å². The van der Waals surface area contributed by atoms with E-state index in [1.165, 1.54) is 11.8 Å². The Balaban J connectivity index is 1.62. The van der Waals surface area contributed by atoms with E-state index in [9.17, 15) is 5.11 Å². The van der Waals surface area contributed by atoms with Gasteiger partial charge in [-0.3, -0.25) is 0 Å². The molecular weight excluding hydrogens is 412 g/mol. The quantitative estimate of drug-likeness (QED) is 0.449. The van der Waals surface area contributed by atoms with E-state index in [1.54, 1.807) is 31.4 Å². The number of aliphatic hydroxyl groups excluding tert-OH is 1. The van der Waals surface area contributed by atoms with Crippen molar-refractivity contribution in [2.24, 2.45) is 0 Å². The zero-order chi connectivity index (χ0) is 22.1. The van der Waals surface area contributed by atoms with Crippen molar-refractivity contribution in [3.05, 3.63) is 54.1 Å². The molecule has 0 radical (unpaired) electrons. The van der Waals surface area contributed by atoms with Crippen LogP contribution in [0.4, 0.5) is 0 Å². The van der Waals surface area contributed by atoms with Gasteiger partial charge in [-0.2, -0.15) is 5.26 Å². The molecule has 0 saturated heterocycles. The highest BCUT2D eigenvalue weighted by molar-refractivity contribution is 7.99. The molecule has 162 valence electrons. The fourth-order valence-electron chi connectivity index (χ4n) is 2.90. The summed E-state index contributed by atoms with van der Waals surface area (Å²) < 4.78 is 13.0. The number of unbranched alkanes of at least 4 members (excludes halogenated alkanes) is 1. The molecule has 1 N–H and O–H groups in total. The van der Waals surface area contributed by atoms with Gasteiger partial charge in [0, 0.05) is 17.9 Å². The largest absolute Gasteiger partial charge is 0.497 e. The third kappa shape index (κ3) is 6.23. The van der Waals surface area contributed by atoms with E-state index in [4.69, 9.17) is 14.7 Å². The molecule has 1 atom stereocenters. The van der Waals surface area contributed by atoms with E-state index >= 15 is 0 Å². The van der Waals surface area contributed by atoms with Crippen LogP contribution in [0, 0.1) is 11.3 Å². The van der Waals surface area contributed by atoms with E-state index in [0.717, 1.165) is 41.7 Å². The number of rotatable bonds is 11. The van der Waals surface area contributed by atoms with Crippen LogP contribution in [0.3, 0.4) is 0 Å². The Morgan fingerprint density at radius 1 is 1.10 bits per heavy atom. The topological polar surface area (TPSA) is 93.2 Å². The van der Waals surface area contributed by atoms with Crippen LogP contribution >= 0.6 is 11.8 Å². The van der Waals surface area contributed by atoms with Crippen LogP contribution in [-0.2, 0) is 6.54 Å². The van der Waals surface area contributed by atoms with E-state index in [0.29, 0.717) is 17.1 Å². The summed E-state index contributed by atoms with van der Waals surface area (Å²) in [6.07, 6.45) is 1.41. The van der Waals surface area contributed by atoms with Crippen LogP contribution in [0.5, 0.6) is 11.5 Å². The number of hydrogen-bond acceptors (Lipinski definition) is 7. The first-order chi connectivity index (χ1) is 15.1. The number of nitriles is 1. The van der Waals surface area contributed by atoms with Gasteiger partial charge in [-0.15, -0.1) is 10.2 Å². The Bertz CT molecular complexity index is 997. The standard InChI is InChI=1S/C23H26N4O3S/c1-3-4-13-27-22(18-7-11-20(29-2)12-8-18)25-26-23(27)31-16-19(28)15-30-21-9-5-17(14-24)6-10-21/h5-12,19,28H,3-4,13,15-16H2,1-2H3. The average molecular weight is 439 g/mol. The monoisotopic (exact) mass is 438 g/mol. The van der Waals surface area contributed by atoms with E-state index in [-0.39, 0.29) is 6.61 Å². The fourth-order valence-corrected chi connectivity index (χ4v) is 3.77. The molecule has 2 aromatic carbocycles. The Hall–Kier alpha value is -3.02. The number of methoxy groups -OCH3 is 1. The Morgan fingerprint density at radius 3 is 2.45 bits per heavy atom. The van der Waals surface area contributed by atoms with Crippen molar-refractivity contribution in [2.45, 2.75) is 37.6 Å². The maximum absolute atomic E-state index is 10.4. The van der Waals surface area contributed by atoms with Gasteiger partial charge < -0.3 is 19.1 Å². The first-order valence-corrected chi connectivity index (χ1v) is 11.1. The number of hydrogen-bond donors (Lipinski definition) is 1. The molecule has 0 spiro atoms. The first kappa shape index (κ1) is 22.7. The number of thioether (sulfide) groups is 1. The summed E-state index contributed by atoms with van der Waals surface area (Å²) in [5.74, 6) is 2.66. The molecule has 3 aromatic rings. The molecular formula is C23H26N4O3S. The molecule has 0 amide bonds. The first-order valence-electron chi connectivity index (χ1n) is 10.2. The highest BCUT2D eigenvalue weighted by Crippen LogP contribution is 2.26. The number of ether oxygens (including phenoxy) is 2. The Labute approximate surface area is 186 Å². The Morgan fingerprint density at radius 2 is 1.81 bits per heavy atom. The molecule has 0 aliphatic carbocycles. The summed E-state index contributed by atoms with van der Waals surface area (Å²) in [6.45, 7) is 3.12. The van der Waals surface area contributed by atoms with Gasteiger partial charge in [-0.25, -0.2) is 0 Å². The highest BCUT2D eigenvalue weighted by atomic mass is 32.2. The molecule has 0 bridgehead atoms. The molecule has 3 rings (SSSR count). The zero-order valence-electron chi connectivity index (χ0n) is 17.7. The zero-order valence-corrected chi connectivity index (χ0v) is 18.5. The maximum atomic E-state index is 10.4. The molecule has 0 aliphatic rings. The second kappa shape index (κ2) is 11.4. The van der Waals surface area contributed by atoms with Crippen molar-refractivity contribution in [3.8, 4) is 29.0 Å². The summed E-state index contributed by atoms with van der Waals surface area (Å²) >= 11 is 1.46. The molecule has 31 heavy (non-hydrogen) atoms. The van der Waals surface area contributed by atoms with Gasteiger partial charge in [0.2, 0.25) is 0 Å². The van der Waals surface area contributed by atoms with Crippen molar-refractivity contribution < 1.29 is 14.6 Å². The minimum absolute atomic E-state index is 0.160. The maximum Gasteiger partial charge on any atom is 0.191 e.